The third-order valence-electron chi connectivity index (χ3n) is 6.38. The van der Waals surface area contributed by atoms with Crippen LogP contribution in [0.1, 0.15) is 36.4 Å². The van der Waals surface area contributed by atoms with Gasteiger partial charge in [0.15, 0.2) is 0 Å². The topological polar surface area (TPSA) is 48.9 Å². The maximum absolute atomic E-state index is 13.5. The number of hydrogen-bond acceptors (Lipinski definition) is 6. The summed E-state index contributed by atoms with van der Waals surface area (Å²) in [6.45, 7) is 12.5. The Hall–Kier alpha value is -1.96. The average molecular weight is 443 g/mol. The molecule has 4 heterocycles. The summed E-state index contributed by atoms with van der Waals surface area (Å²) in [6, 6.07) is 8.03. The summed E-state index contributed by atoms with van der Waals surface area (Å²) < 4.78 is 5.55. The van der Waals surface area contributed by atoms with Gasteiger partial charge in [0, 0.05) is 44.5 Å². The zero-order chi connectivity index (χ0) is 21.6. The van der Waals surface area contributed by atoms with Crippen LogP contribution in [0.15, 0.2) is 30.5 Å². The molecule has 2 aromatic heterocycles. The van der Waals surface area contributed by atoms with Crippen LogP contribution in [0.25, 0.3) is 11.3 Å². The van der Waals surface area contributed by atoms with Gasteiger partial charge >= 0.3 is 0 Å². The predicted octanol–water partition coefficient (Wildman–Crippen LogP) is 3.84. The van der Waals surface area contributed by atoms with Crippen LogP contribution in [-0.4, -0.2) is 79.7 Å². The van der Waals surface area contributed by atoms with Gasteiger partial charge in [0.1, 0.15) is 5.00 Å². The first-order valence-electron chi connectivity index (χ1n) is 11.6. The molecule has 2 aromatic rings. The number of aromatic nitrogens is 1. The molecule has 4 rings (SSSR count). The number of hydrogen-bond donors (Lipinski definition) is 0. The molecule has 0 aromatic carbocycles. The third-order valence-corrected chi connectivity index (χ3v) is 7.56. The molecule has 0 bridgehead atoms. The molecular formula is C24H34N4O2S. The van der Waals surface area contributed by atoms with E-state index in [4.69, 9.17) is 4.74 Å². The van der Waals surface area contributed by atoms with Crippen LogP contribution < -0.4 is 4.90 Å². The summed E-state index contributed by atoms with van der Waals surface area (Å²) in [7, 11) is 0. The number of anilines is 1. The fraction of sp³-hybridized carbons (Fsp3) is 0.583. The summed E-state index contributed by atoms with van der Waals surface area (Å²) in [5.74, 6) is 0.734. The minimum absolute atomic E-state index is 0.172. The van der Waals surface area contributed by atoms with E-state index in [0.29, 0.717) is 5.92 Å². The Morgan fingerprint density at radius 1 is 1.23 bits per heavy atom. The fourth-order valence-electron chi connectivity index (χ4n) is 4.60. The molecule has 2 fully saturated rings. The van der Waals surface area contributed by atoms with E-state index < -0.39 is 0 Å². The second-order valence-electron chi connectivity index (χ2n) is 8.39. The van der Waals surface area contributed by atoms with Crippen molar-refractivity contribution in [3.05, 3.63) is 35.3 Å². The summed E-state index contributed by atoms with van der Waals surface area (Å²) >= 11 is 1.62. The Morgan fingerprint density at radius 2 is 2.03 bits per heavy atom. The number of morpholine rings is 1. The average Bonchev–Trinajstić information content (AvgIpc) is 3.29. The van der Waals surface area contributed by atoms with Crippen LogP contribution >= 0.6 is 11.3 Å². The van der Waals surface area contributed by atoms with Crippen molar-refractivity contribution in [3.8, 4) is 11.3 Å². The van der Waals surface area contributed by atoms with Crippen molar-refractivity contribution in [3.63, 3.8) is 0 Å². The van der Waals surface area contributed by atoms with E-state index in [1.165, 1.54) is 6.42 Å². The van der Waals surface area contributed by atoms with Crippen LogP contribution in [0.4, 0.5) is 5.00 Å². The van der Waals surface area contributed by atoms with Crippen LogP contribution in [0.3, 0.4) is 0 Å². The SMILES string of the molecule is CCN(CC)CC1CCCN(C(=O)c2cc(-c3ccccn3)c(N3CCOCC3)s2)C1. The van der Waals surface area contributed by atoms with Gasteiger partial charge in [-0.15, -0.1) is 11.3 Å². The van der Waals surface area contributed by atoms with E-state index >= 15 is 0 Å². The molecule has 31 heavy (non-hydrogen) atoms. The highest BCUT2D eigenvalue weighted by molar-refractivity contribution is 7.18. The number of piperidine rings is 1. The maximum atomic E-state index is 13.5. The normalized spacial score (nSPS) is 19.8. The van der Waals surface area contributed by atoms with E-state index in [1.54, 1.807) is 11.3 Å². The highest BCUT2D eigenvalue weighted by Gasteiger charge is 2.28. The minimum atomic E-state index is 0.172. The first kappa shape index (κ1) is 22.2. The zero-order valence-corrected chi connectivity index (χ0v) is 19.6. The lowest BCUT2D eigenvalue weighted by Crippen LogP contribution is -2.43. The summed E-state index contributed by atoms with van der Waals surface area (Å²) in [5, 5.41) is 1.14. The lowest BCUT2D eigenvalue weighted by Gasteiger charge is -2.35. The molecule has 1 amide bonds. The van der Waals surface area contributed by atoms with Gasteiger partial charge in [-0.25, -0.2) is 0 Å². The summed E-state index contributed by atoms with van der Waals surface area (Å²) in [5.41, 5.74) is 1.99. The van der Waals surface area contributed by atoms with Gasteiger partial charge in [0.2, 0.25) is 0 Å². The highest BCUT2D eigenvalue weighted by Crippen LogP contribution is 2.39. The standard InChI is InChI=1S/C24H34N4O2S/c1-3-26(4-2)17-19-8-7-11-28(18-19)23(29)22-16-20(21-9-5-6-10-25-21)24(31-22)27-12-14-30-15-13-27/h5-6,9-10,16,19H,3-4,7-8,11-15,17-18H2,1-2H3. The number of carbonyl (C=O) groups excluding carboxylic acids is 1. The third kappa shape index (κ3) is 5.27. The van der Waals surface area contributed by atoms with E-state index in [9.17, 15) is 4.79 Å². The fourth-order valence-corrected chi connectivity index (χ4v) is 5.78. The predicted molar refractivity (Wildman–Crippen MR) is 127 cm³/mol. The largest absolute Gasteiger partial charge is 0.378 e. The molecule has 2 aliphatic rings. The van der Waals surface area contributed by atoms with Crippen molar-refractivity contribution in [1.82, 2.24) is 14.8 Å². The molecule has 0 saturated carbocycles. The molecule has 0 aliphatic carbocycles. The maximum Gasteiger partial charge on any atom is 0.264 e. The quantitative estimate of drug-likeness (QED) is 0.652. The van der Waals surface area contributed by atoms with Gasteiger partial charge in [0.25, 0.3) is 5.91 Å². The number of ether oxygens (including phenoxy) is 1. The second kappa shape index (κ2) is 10.6. The van der Waals surface area contributed by atoms with Gasteiger partial charge in [-0.05, 0) is 50.0 Å². The van der Waals surface area contributed by atoms with Crippen LogP contribution in [0.2, 0.25) is 0 Å². The lowest BCUT2D eigenvalue weighted by molar-refractivity contribution is 0.0648. The highest BCUT2D eigenvalue weighted by atomic mass is 32.1. The van der Waals surface area contributed by atoms with Gasteiger partial charge in [-0.2, -0.15) is 0 Å². The van der Waals surface area contributed by atoms with Gasteiger partial charge in [0.05, 0.1) is 23.8 Å². The number of likely N-dealkylation sites (tertiary alicyclic amines) is 1. The molecule has 1 atom stereocenters. The Kier molecular flexibility index (Phi) is 7.58. The van der Waals surface area contributed by atoms with E-state index in [0.717, 1.165) is 86.6 Å². The van der Waals surface area contributed by atoms with Crippen molar-refractivity contribution in [2.75, 3.05) is 63.9 Å². The van der Waals surface area contributed by atoms with Crippen molar-refractivity contribution in [2.24, 2.45) is 5.92 Å². The molecule has 168 valence electrons. The van der Waals surface area contributed by atoms with Crippen LogP contribution in [0.5, 0.6) is 0 Å². The number of pyridine rings is 1. The number of thiophene rings is 1. The lowest BCUT2D eigenvalue weighted by atomic mass is 9.97. The second-order valence-corrected chi connectivity index (χ2v) is 9.42. The molecule has 6 nitrogen and oxygen atoms in total. The number of carbonyl (C=O) groups is 1. The summed E-state index contributed by atoms with van der Waals surface area (Å²) in [6.07, 6.45) is 4.12. The smallest absolute Gasteiger partial charge is 0.264 e. The Morgan fingerprint density at radius 3 is 2.74 bits per heavy atom. The molecule has 0 spiro atoms. The van der Waals surface area contributed by atoms with Crippen LogP contribution in [0, 0.1) is 5.92 Å². The van der Waals surface area contributed by atoms with E-state index in [1.807, 2.05) is 24.4 Å². The monoisotopic (exact) mass is 442 g/mol. The summed E-state index contributed by atoms with van der Waals surface area (Å²) in [4.78, 5) is 25.8. The molecule has 0 radical (unpaired) electrons. The first-order valence-corrected chi connectivity index (χ1v) is 12.4. The number of nitrogens with zero attached hydrogens (tertiary/aromatic N) is 4. The molecule has 1 unspecified atom stereocenters. The Labute approximate surface area is 189 Å². The Balaban J connectivity index is 1.55. The number of rotatable bonds is 7. The van der Waals surface area contributed by atoms with E-state index in [-0.39, 0.29) is 5.91 Å². The molecule has 2 saturated heterocycles. The van der Waals surface area contributed by atoms with E-state index in [2.05, 4.69) is 39.6 Å². The zero-order valence-electron chi connectivity index (χ0n) is 18.8. The van der Waals surface area contributed by atoms with Gasteiger partial charge < -0.3 is 19.4 Å². The number of amides is 1. The molecule has 0 N–H and O–H groups in total. The van der Waals surface area contributed by atoms with Crippen molar-refractivity contribution >= 4 is 22.2 Å². The molecule has 7 heteroatoms. The van der Waals surface area contributed by atoms with Gasteiger partial charge in [-0.1, -0.05) is 19.9 Å². The Bertz CT molecular complexity index is 847. The molecule has 2 aliphatic heterocycles. The van der Waals surface area contributed by atoms with Crippen molar-refractivity contribution in [2.45, 2.75) is 26.7 Å². The van der Waals surface area contributed by atoms with Crippen molar-refractivity contribution < 1.29 is 9.53 Å². The van der Waals surface area contributed by atoms with Crippen LogP contribution in [-0.2, 0) is 4.74 Å². The molecular weight excluding hydrogens is 408 g/mol. The van der Waals surface area contributed by atoms with Crippen molar-refractivity contribution in [1.29, 1.82) is 0 Å². The minimum Gasteiger partial charge on any atom is -0.378 e. The first-order chi connectivity index (χ1) is 15.2. The van der Waals surface area contributed by atoms with Gasteiger partial charge in [-0.3, -0.25) is 9.78 Å².